The van der Waals surface area contributed by atoms with Crippen LogP contribution in [0.1, 0.15) is 73.1 Å². The fraction of sp³-hybridized carbons (Fsp3) is 1.00. The molecule has 3 unspecified atom stereocenters. The molecule has 2 fully saturated rings. The van der Waals surface area contributed by atoms with Crippen molar-refractivity contribution in [2.75, 3.05) is 19.6 Å². The second-order valence-corrected chi connectivity index (χ2v) is 8.41. The summed E-state index contributed by atoms with van der Waals surface area (Å²) in [6.45, 7) is 15.9. The average Bonchev–Trinajstić information content (AvgIpc) is 2.44. The Kier molecular flexibility index (Phi) is 6.14. The Morgan fingerprint density at radius 3 is 2.10 bits per heavy atom. The average molecular weight is 295 g/mol. The molecule has 21 heavy (non-hydrogen) atoms. The number of piperidine rings is 1. The van der Waals surface area contributed by atoms with Crippen molar-refractivity contribution < 1.29 is 0 Å². The number of hydrogen-bond acceptors (Lipinski definition) is 2. The Labute approximate surface area is 133 Å². The molecule has 0 aromatic carbocycles. The van der Waals surface area contributed by atoms with Gasteiger partial charge in [-0.05, 0) is 83.3 Å². The van der Waals surface area contributed by atoms with Gasteiger partial charge in [-0.2, -0.15) is 0 Å². The lowest BCUT2D eigenvalue weighted by molar-refractivity contribution is 0.0222. The summed E-state index contributed by atoms with van der Waals surface area (Å²) < 4.78 is 0. The zero-order valence-corrected chi connectivity index (χ0v) is 15.1. The summed E-state index contributed by atoms with van der Waals surface area (Å²) in [5.41, 5.74) is 0.290. The third-order valence-electron chi connectivity index (χ3n) is 6.04. The molecule has 2 heteroatoms. The van der Waals surface area contributed by atoms with Gasteiger partial charge in [0.25, 0.3) is 0 Å². The molecule has 0 aromatic heterocycles. The zero-order chi connectivity index (χ0) is 15.5. The van der Waals surface area contributed by atoms with E-state index in [2.05, 4.69) is 44.8 Å². The molecular formula is C19H38N2. The van der Waals surface area contributed by atoms with Gasteiger partial charge in [-0.1, -0.05) is 27.2 Å². The Hall–Kier alpha value is -0.0800. The monoisotopic (exact) mass is 294 g/mol. The summed E-state index contributed by atoms with van der Waals surface area (Å²) in [5.74, 6) is 2.65. The van der Waals surface area contributed by atoms with Gasteiger partial charge in [0.2, 0.25) is 0 Å². The minimum Gasteiger partial charge on any atom is -0.312 e. The van der Waals surface area contributed by atoms with Gasteiger partial charge >= 0.3 is 0 Å². The predicted octanol–water partition coefficient (Wildman–Crippen LogP) is 4.30. The molecule has 2 rings (SSSR count). The standard InChI is InChI=1S/C19H38N2/c1-6-20-18(17-13-15(2)12-16(3)14-17)19(4,5)21-10-8-7-9-11-21/h15-18,20H,6-14H2,1-5H3. The molecule has 1 saturated heterocycles. The minimum atomic E-state index is 0.290. The van der Waals surface area contributed by atoms with Gasteiger partial charge in [0.15, 0.2) is 0 Å². The van der Waals surface area contributed by atoms with Crippen LogP contribution in [0.2, 0.25) is 0 Å². The SMILES string of the molecule is CCNC(C1CC(C)CC(C)C1)C(C)(C)N1CCCCC1. The number of nitrogens with one attached hydrogen (secondary N) is 1. The molecule has 1 N–H and O–H groups in total. The Morgan fingerprint density at radius 1 is 1.00 bits per heavy atom. The number of hydrogen-bond donors (Lipinski definition) is 1. The molecule has 1 heterocycles. The van der Waals surface area contributed by atoms with Crippen LogP contribution in [0.3, 0.4) is 0 Å². The largest absolute Gasteiger partial charge is 0.312 e. The van der Waals surface area contributed by atoms with Crippen LogP contribution in [0.4, 0.5) is 0 Å². The fourth-order valence-electron chi connectivity index (χ4n) is 5.16. The van der Waals surface area contributed by atoms with Crippen LogP contribution in [0.5, 0.6) is 0 Å². The van der Waals surface area contributed by atoms with Crippen LogP contribution in [0, 0.1) is 17.8 Å². The molecule has 0 aromatic rings. The van der Waals surface area contributed by atoms with E-state index in [1.54, 1.807) is 0 Å². The van der Waals surface area contributed by atoms with E-state index in [-0.39, 0.29) is 5.54 Å². The van der Waals surface area contributed by atoms with E-state index in [1.165, 1.54) is 51.6 Å². The molecule has 2 nitrogen and oxygen atoms in total. The Balaban J connectivity index is 2.12. The smallest absolute Gasteiger partial charge is 0.0308 e. The first-order valence-electron chi connectivity index (χ1n) is 9.43. The van der Waals surface area contributed by atoms with E-state index in [0.717, 1.165) is 24.3 Å². The van der Waals surface area contributed by atoms with Crippen molar-refractivity contribution in [3.63, 3.8) is 0 Å². The molecule has 2 aliphatic rings. The first-order chi connectivity index (χ1) is 9.95. The summed E-state index contributed by atoms with van der Waals surface area (Å²) in [7, 11) is 0. The van der Waals surface area contributed by atoms with Crippen LogP contribution in [-0.4, -0.2) is 36.1 Å². The van der Waals surface area contributed by atoms with Crippen LogP contribution >= 0.6 is 0 Å². The van der Waals surface area contributed by atoms with E-state index >= 15 is 0 Å². The molecule has 124 valence electrons. The lowest BCUT2D eigenvalue weighted by Gasteiger charge is -2.50. The summed E-state index contributed by atoms with van der Waals surface area (Å²) in [6.07, 6.45) is 8.47. The zero-order valence-electron chi connectivity index (χ0n) is 15.1. The summed E-state index contributed by atoms with van der Waals surface area (Å²) in [5, 5.41) is 3.89. The van der Waals surface area contributed by atoms with Crippen molar-refractivity contribution in [3.05, 3.63) is 0 Å². The van der Waals surface area contributed by atoms with Gasteiger partial charge in [-0.25, -0.2) is 0 Å². The van der Waals surface area contributed by atoms with Crippen molar-refractivity contribution >= 4 is 0 Å². The molecule has 3 atom stereocenters. The van der Waals surface area contributed by atoms with E-state index < -0.39 is 0 Å². The molecule has 0 radical (unpaired) electrons. The summed E-state index contributed by atoms with van der Waals surface area (Å²) in [4.78, 5) is 2.77. The first-order valence-corrected chi connectivity index (χ1v) is 9.43. The van der Waals surface area contributed by atoms with Crippen LogP contribution < -0.4 is 5.32 Å². The number of rotatable bonds is 5. The fourth-order valence-corrected chi connectivity index (χ4v) is 5.16. The number of likely N-dealkylation sites (N-methyl/N-ethyl adjacent to an activating group) is 1. The van der Waals surface area contributed by atoms with Crippen LogP contribution in [0.15, 0.2) is 0 Å². The van der Waals surface area contributed by atoms with Crippen molar-refractivity contribution in [2.45, 2.75) is 84.7 Å². The Morgan fingerprint density at radius 2 is 1.57 bits per heavy atom. The van der Waals surface area contributed by atoms with E-state index in [0.29, 0.717) is 6.04 Å². The van der Waals surface area contributed by atoms with Gasteiger partial charge < -0.3 is 5.32 Å². The van der Waals surface area contributed by atoms with Crippen molar-refractivity contribution in [2.24, 2.45) is 17.8 Å². The van der Waals surface area contributed by atoms with E-state index in [1.807, 2.05) is 0 Å². The minimum absolute atomic E-state index is 0.290. The lowest BCUT2D eigenvalue weighted by Crippen LogP contribution is -2.62. The van der Waals surface area contributed by atoms with Gasteiger partial charge in [0.05, 0.1) is 0 Å². The molecule has 0 spiro atoms. The van der Waals surface area contributed by atoms with E-state index in [9.17, 15) is 0 Å². The lowest BCUT2D eigenvalue weighted by atomic mass is 9.69. The van der Waals surface area contributed by atoms with Crippen molar-refractivity contribution in [1.29, 1.82) is 0 Å². The molecule has 0 amide bonds. The molecule has 1 saturated carbocycles. The molecular weight excluding hydrogens is 256 g/mol. The van der Waals surface area contributed by atoms with Gasteiger partial charge in [-0.15, -0.1) is 0 Å². The number of likely N-dealkylation sites (tertiary alicyclic amines) is 1. The maximum atomic E-state index is 3.89. The highest BCUT2D eigenvalue weighted by Gasteiger charge is 2.41. The quantitative estimate of drug-likeness (QED) is 0.813. The third kappa shape index (κ3) is 4.22. The molecule has 1 aliphatic carbocycles. The van der Waals surface area contributed by atoms with Gasteiger partial charge in [0, 0.05) is 11.6 Å². The second-order valence-electron chi connectivity index (χ2n) is 8.41. The highest BCUT2D eigenvalue weighted by atomic mass is 15.2. The van der Waals surface area contributed by atoms with E-state index in [4.69, 9.17) is 0 Å². The highest BCUT2D eigenvalue weighted by Crippen LogP contribution is 2.39. The van der Waals surface area contributed by atoms with Gasteiger partial charge in [0.1, 0.15) is 0 Å². The second kappa shape index (κ2) is 7.46. The van der Waals surface area contributed by atoms with Gasteiger partial charge in [-0.3, -0.25) is 4.90 Å². The molecule has 0 bridgehead atoms. The van der Waals surface area contributed by atoms with Crippen molar-refractivity contribution in [3.8, 4) is 0 Å². The molecule has 1 aliphatic heterocycles. The summed E-state index contributed by atoms with van der Waals surface area (Å²) >= 11 is 0. The highest BCUT2D eigenvalue weighted by molar-refractivity contribution is 4.99. The predicted molar refractivity (Wildman–Crippen MR) is 92.6 cm³/mol. The topological polar surface area (TPSA) is 15.3 Å². The third-order valence-corrected chi connectivity index (χ3v) is 6.04. The maximum absolute atomic E-state index is 3.89. The number of nitrogens with zero attached hydrogens (tertiary/aromatic N) is 1. The normalized spacial score (nSPS) is 33.9. The van der Waals surface area contributed by atoms with Crippen molar-refractivity contribution in [1.82, 2.24) is 10.2 Å². The van der Waals surface area contributed by atoms with Crippen LogP contribution in [0.25, 0.3) is 0 Å². The van der Waals surface area contributed by atoms with Crippen LogP contribution in [-0.2, 0) is 0 Å². The summed E-state index contributed by atoms with van der Waals surface area (Å²) in [6, 6.07) is 0.644. The first kappa shape index (κ1) is 17.3. The maximum Gasteiger partial charge on any atom is 0.0308 e. The Bertz CT molecular complexity index is 297.